The molecular formula is C10H14O2. The maximum atomic E-state index is 10.0. The maximum absolute atomic E-state index is 10.0. The van der Waals surface area contributed by atoms with Gasteiger partial charge >= 0.3 is 0 Å². The summed E-state index contributed by atoms with van der Waals surface area (Å²) in [7, 11) is 0. The highest BCUT2D eigenvalue weighted by Gasteiger charge is 2.53. The molecule has 2 rings (SSSR count). The summed E-state index contributed by atoms with van der Waals surface area (Å²) in [6.07, 6.45) is 3.11. The van der Waals surface area contributed by atoms with Crippen LogP contribution in [0.5, 0.6) is 0 Å². The number of carbonyl (C=O) groups excluding carboxylic acids is 1. The fourth-order valence-electron chi connectivity index (χ4n) is 2.54. The molecule has 2 nitrogen and oxygen atoms in total. The van der Waals surface area contributed by atoms with E-state index in [9.17, 15) is 4.79 Å². The second kappa shape index (κ2) is 2.61. The molecule has 0 radical (unpaired) electrons. The largest absolute Gasteiger partial charge is 0.434 e. The molecule has 0 N–H and O–H groups in total. The van der Waals surface area contributed by atoms with Gasteiger partial charge in [0.1, 0.15) is 5.76 Å². The van der Waals surface area contributed by atoms with Crippen LogP contribution in [-0.2, 0) is 9.53 Å². The Morgan fingerprint density at radius 1 is 1.67 bits per heavy atom. The minimum Gasteiger partial charge on any atom is -0.434 e. The molecule has 0 saturated heterocycles. The standard InChI is InChI=1S/C10H14O2/c1-6(2)10-8-3-7(12-5-11)4-9(8)10/h3,5-6,8-10H,4H2,1-2H3. The van der Waals surface area contributed by atoms with Crippen molar-refractivity contribution in [3.63, 3.8) is 0 Å². The zero-order valence-electron chi connectivity index (χ0n) is 7.49. The Hall–Kier alpha value is -0.790. The highest BCUT2D eigenvalue weighted by Crippen LogP contribution is 2.59. The summed E-state index contributed by atoms with van der Waals surface area (Å²) in [5.74, 6) is 4.00. The van der Waals surface area contributed by atoms with Crippen molar-refractivity contribution >= 4 is 6.47 Å². The van der Waals surface area contributed by atoms with Crippen LogP contribution in [0.4, 0.5) is 0 Å². The second-order valence-electron chi connectivity index (χ2n) is 4.11. The molecule has 0 bridgehead atoms. The van der Waals surface area contributed by atoms with Gasteiger partial charge in [-0.1, -0.05) is 13.8 Å². The van der Waals surface area contributed by atoms with E-state index in [0.717, 1.165) is 29.9 Å². The summed E-state index contributed by atoms with van der Waals surface area (Å²) >= 11 is 0. The maximum Gasteiger partial charge on any atom is 0.298 e. The SMILES string of the molecule is CC(C)C1C2C=C(OC=O)CC21. The minimum atomic E-state index is 0.529. The molecule has 2 aliphatic carbocycles. The summed E-state index contributed by atoms with van der Waals surface area (Å²) in [5.41, 5.74) is 0. The fraction of sp³-hybridized carbons (Fsp3) is 0.700. The third-order valence-electron chi connectivity index (χ3n) is 3.08. The van der Waals surface area contributed by atoms with Crippen molar-refractivity contribution in [1.29, 1.82) is 0 Å². The normalized spacial score (nSPS) is 37.6. The lowest BCUT2D eigenvalue weighted by Gasteiger charge is -2.06. The van der Waals surface area contributed by atoms with Crippen molar-refractivity contribution in [2.75, 3.05) is 0 Å². The predicted octanol–water partition coefficient (Wildman–Crippen LogP) is 1.97. The summed E-state index contributed by atoms with van der Waals surface area (Å²) < 4.78 is 4.81. The third-order valence-corrected chi connectivity index (χ3v) is 3.08. The topological polar surface area (TPSA) is 26.3 Å². The molecule has 0 amide bonds. The van der Waals surface area contributed by atoms with Gasteiger partial charge in [0.15, 0.2) is 0 Å². The van der Waals surface area contributed by atoms with Gasteiger partial charge in [-0.25, -0.2) is 0 Å². The molecule has 3 unspecified atom stereocenters. The van der Waals surface area contributed by atoms with Gasteiger partial charge in [-0.3, -0.25) is 4.79 Å². The average Bonchev–Trinajstić information content (AvgIpc) is 2.51. The van der Waals surface area contributed by atoms with Crippen LogP contribution in [0.2, 0.25) is 0 Å². The zero-order valence-corrected chi connectivity index (χ0v) is 7.49. The molecule has 12 heavy (non-hydrogen) atoms. The van der Waals surface area contributed by atoms with Crippen molar-refractivity contribution in [3.05, 3.63) is 11.8 Å². The summed E-state index contributed by atoms with van der Waals surface area (Å²) in [5, 5.41) is 0. The lowest BCUT2D eigenvalue weighted by atomic mass is 10.0. The lowest BCUT2D eigenvalue weighted by Crippen LogP contribution is -1.98. The monoisotopic (exact) mass is 166 g/mol. The van der Waals surface area contributed by atoms with Gasteiger partial charge in [-0.05, 0) is 29.7 Å². The van der Waals surface area contributed by atoms with Crippen LogP contribution in [0.25, 0.3) is 0 Å². The lowest BCUT2D eigenvalue weighted by molar-refractivity contribution is -0.125. The number of rotatable bonds is 3. The number of fused-ring (bicyclic) bond motifs is 1. The Morgan fingerprint density at radius 2 is 2.42 bits per heavy atom. The van der Waals surface area contributed by atoms with Crippen LogP contribution >= 0.6 is 0 Å². The van der Waals surface area contributed by atoms with Crippen molar-refractivity contribution in [3.8, 4) is 0 Å². The fourth-order valence-corrected chi connectivity index (χ4v) is 2.54. The highest BCUT2D eigenvalue weighted by atomic mass is 16.5. The van der Waals surface area contributed by atoms with E-state index in [1.54, 1.807) is 0 Å². The van der Waals surface area contributed by atoms with Crippen molar-refractivity contribution in [2.24, 2.45) is 23.7 Å². The van der Waals surface area contributed by atoms with E-state index in [1.807, 2.05) is 0 Å². The van der Waals surface area contributed by atoms with Gasteiger partial charge in [-0.15, -0.1) is 0 Å². The first kappa shape index (κ1) is 7.84. The predicted molar refractivity (Wildman–Crippen MR) is 45.2 cm³/mol. The Balaban J connectivity index is 1.94. The Bertz CT molecular complexity index is 230. The van der Waals surface area contributed by atoms with Gasteiger partial charge in [-0.2, -0.15) is 0 Å². The summed E-state index contributed by atoms with van der Waals surface area (Å²) in [6, 6.07) is 0. The van der Waals surface area contributed by atoms with Crippen LogP contribution in [0.3, 0.4) is 0 Å². The first-order chi connectivity index (χ1) is 5.74. The van der Waals surface area contributed by atoms with E-state index < -0.39 is 0 Å². The van der Waals surface area contributed by atoms with Crippen LogP contribution in [0.15, 0.2) is 11.8 Å². The second-order valence-corrected chi connectivity index (χ2v) is 4.11. The number of hydrogen-bond acceptors (Lipinski definition) is 2. The average molecular weight is 166 g/mol. The van der Waals surface area contributed by atoms with Crippen molar-refractivity contribution in [1.82, 2.24) is 0 Å². The molecule has 2 aliphatic rings. The molecule has 2 heteroatoms. The molecule has 3 atom stereocenters. The Morgan fingerprint density at radius 3 is 2.83 bits per heavy atom. The summed E-state index contributed by atoms with van der Waals surface area (Å²) in [6.45, 7) is 5.05. The van der Waals surface area contributed by atoms with Gasteiger partial charge in [0.05, 0.1) is 0 Å². The number of ether oxygens (including phenoxy) is 1. The number of carbonyl (C=O) groups is 1. The minimum absolute atomic E-state index is 0.529. The van der Waals surface area contributed by atoms with Gasteiger partial charge in [0.25, 0.3) is 6.47 Å². The Labute approximate surface area is 72.6 Å². The zero-order chi connectivity index (χ0) is 8.72. The van der Waals surface area contributed by atoms with E-state index in [1.165, 1.54) is 0 Å². The Kier molecular flexibility index (Phi) is 1.71. The van der Waals surface area contributed by atoms with E-state index in [-0.39, 0.29) is 0 Å². The molecule has 0 spiro atoms. The molecule has 66 valence electrons. The van der Waals surface area contributed by atoms with Crippen molar-refractivity contribution < 1.29 is 9.53 Å². The first-order valence-electron chi connectivity index (χ1n) is 4.55. The van der Waals surface area contributed by atoms with Crippen LogP contribution in [0, 0.1) is 23.7 Å². The molecule has 0 aliphatic heterocycles. The number of hydrogen-bond donors (Lipinski definition) is 0. The molecule has 0 aromatic heterocycles. The van der Waals surface area contributed by atoms with Gasteiger partial charge in [0, 0.05) is 6.42 Å². The molecule has 1 fully saturated rings. The highest BCUT2D eigenvalue weighted by molar-refractivity contribution is 5.41. The molecule has 1 saturated carbocycles. The van der Waals surface area contributed by atoms with E-state index >= 15 is 0 Å². The van der Waals surface area contributed by atoms with E-state index in [2.05, 4.69) is 19.9 Å². The molecular weight excluding hydrogens is 152 g/mol. The molecule has 0 aromatic rings. The smallest absolute Gasteiger partial charge is 0.298 e. The van der Waals surface area contributed by atoms with Gasteiger partial charge in [0.2, 0.25) is 0 Å². The van der Waals surface area contributed by atoms with Crippen molar-refractivity contribution in [2.45, 2.75) is 20.3 Å². The van der Waals surface area contributed by atoms with Crippen LogP contribution < -0.4 is 0 Å². The summed E-state index contributed by atoms with van der Waals surface area (Å²) in [4.78, 5) is 10.0. The third kappa shape index (κ3) is 1.06. The molecule has 0 heterocycles. The van der Waals surface area contributed by atoms with E-state index in [4.69, 9.17) is 4.74 Å². The first-order valence-corrected chi connectivity index (χ1v) is 4.55. The number of allylic oxidation sites excluding steroid dienone is 2. The molecule has 0 aromatic carbocycles. The van der Waals surface area contributed by atoms with Crippen LogP contribution in [-0.4, -0.2) is 6.47 Å². The van der Waals surface area contributed by atoms with Gasteiger partial charge < -0.3 is 4.74 Å². The van der Waals surface area contributed by atoms with E-state index in [0.29, 0.717) is 12.4 Å². The van der Waals surface area contributed by atoms with Crippen LogP contribution in [0.1, 0.15) is 20.3 Å². The quantitative estimate of drug-likeness (QED) is 0.599.